The van der Waals surface area contributed by atoms with E-state index in [4.69, 9.17) is 14.6 Å². The number of rotatable bonds is 5. The second kappa shape index (κ2) is 7.03. The van der Waals surface area contributed by atoms with E-state index in [2.05, 4.69) is 0 Å². The first-order valence-electron chi connectivity index (χ1n) is 6.72. The van der Waals surface area contributed by atoms with Crippen molar-refractivity contribution in [2.24, 2.45) is 0 Å². The standard InChI is InChI=1S/C14H18O8/c15-6-10-11(18)12(19)13(20)14(22-10)21-4-3-7-1-2-8(16)9(17)5-7/h1-2,5,10-12,14-19H,3-4,6H2/t10-,11-,12+,14-/m1/s1. The molecule has 1 aliphatic rings. The van der Waals surface area contributed by atoms with Crippen LogP contribution in [0.25, 0.3) is 0 Å². The number of phenolic OH excluding ortho intramolecular Hbond substituents is 2. The molecule has 0 bridgehead atoms. The number of hydrogen-bond acceptors (Lipinski definition) is 8. The fourth-order valence-corrected chi connectivity index (χ4v) is 2.10. The van der Waals surface area contributed by atoms with E-state index in [-0.39, 0.29) is 18.1 Å². The zero-order chi connectivity index (χ0) is 16.3. The highest BCUT2D eigenvalue weighted by atomic mass is 16.7. The molecule has 8 nitrogen and oxygen atoms in total. The number of aliphatic hydroxyl groups is 3. The van der Waals surface area contributed by atoms with E-state index < -0.39 is 37.0 Å². The molecule has 1 aromatic rings. The van der Waals surface area contributed by atoms with Crippen LogP contribution < -0.4 is 0 Å². The van der Waals surface area contributed by atoms with Crippen LogP contribution in [0.4, 0.5) is 0 Å². The lowest BCUT2D eigenvalue weighted by Gasteiger charge is -2.34. The van der Waals surface area contributed by atoms with E-state index in [1.165, 1.54) is 12.1 Å². The molecule has 5 N–H and O–H groups in total. The summed E-state index contributed by atoms with van der Waals surface area (Å²) < 4.78 is 10.3. The average molecular weight is 314 g/mol. The van der Waals surface area contributed by atoms with Gasteiger partial charge in [-0.25, -0.2) is 0 Å². The van der Waals surface area contributed by atoms with E-state index in [1.807, 2.05) is 0 Å². The van der Waals surface area contributed by atoms with E-state index in [0.717, 1.165) is 0 Å². The van der Waals surface area contributed by atoms with Gasteiger partial charge in [0.15, 0.2) is 11.5 Å². The highest BCUT2D eigenvalue weighted by Gasteiger charge is 2.43. The summed E-state index contributed by atoms with van der Waals surface area (Å²) in [7, 11) is 0. The third-order valence-electron chi connectivity index (χ3n) is 3.41. The van der Waals surface area contributed by atoms with Crippen molar-refractivity contribution in [2.45, 2.75) is 31.0 Å². The van der Waals surface area contributed by atoms with Crippen LogP contribution in [-0.4, -0.2) is 69.1 Å². The first-order valence-corrected chi connectivity index (χ1v) is 6.72. The minimum Gasteiger partial charge on any atom is -0.504 e. The van der Waals surface area contributed by atoms with Gasteiger partial charge in [0.1, 0.15) is 18.3 Å². The fourth-order valence-electron chi connectivity index (χ4n) is 2.10. The summed E-state index contributed by atoms with van der Waals surface area (Å²) >= 11 is 0. The van der Waals surface area contributed by atoms with Gasteiger partial charge in [-0.15, -0.1) is 0 Å². The van der Waals surface area contributed by atoms with Crippen molar-refractivity contribution in [3.8, 4) is 11.5 Å². The van der Waals surface area contributed by atoms with Crippen molar-refractivity contribution >= 4 is 5.78 Å². The largest absolute Gasteiger partial charge is 0.504 e. The van der Waals surface area contributed by atoms with Crippen LogP contribution in [0.1, 0.15) is 5.56 Å². The highest BCUT2D eigenvalue weighted by molar-refractivity contribution is 5.87. The molecule has 22 heavy (non-hydrogen) atoms. The van der Waals surface area contributed by atoms with Crippen molar-refractivity contribution in [1.29, 1.82) is 0 Å². The van der Waals surface area contributed by atoms with Crippen LogP contribution in [0.15, 0.2) is 18.2 Å². The summed E-state index contributed by atoms with van der Waals surface area (Å²) in [5.41, 5.74) is 0.665. The third-order valence-corrected chi connectivity index (χ3v) is 3.41. The van der Waals surface area contributed by atoms with Crippen molar-refractivity contribution in [1.82, 2.24) is 0 Å². The maximum Gasteiger partial charge on any atom is 0.221 e. The lowest BCUT2D eigenvalue weighted by molar-refractivity contribution is -0.239. The third kappa shape index (κ3) is 3.54. The minimum absolute atomic E-state index is 0.0432. The predicted molar refractivity (Wildman–Crippen MR) is 72.2 cm³/mol. The maximum atomic E-state index is 11.7. The molecule has 0 spiro atoms. The monoisotopic (exact) mass is 314 g/mol. The molecule has 4 atom stereocenters. The van der Waals surface area contributed by atoms with Gasteiger partial charge in [-0.05, 0) is 24.1 Å². The number of Topliss-reactive ketones (excluding diaryl/α,β-unsaturated/α-hetero) is 1. The quantitative estimate of drug-likeness (QED) is 0.421. The van der Waals surface area contributed by atoms with Gasteiger partial charge in [-0.1, -0.05) is 6.07 Å². The second-order valence-corrected chi connectivity index (χ2v) is 4.97. The van der Waals surface area contributed by atoms with Gasteiger partial charge in [0.2, 0.25) is 12.1 Å². The Kier molecular flexibility index (Phi) is 5.33. The topological polar surface area (TPSA) is 137 Å². The lowest BCUT2D eigenvalue weighted by atomic mass is 10.0. The summed E-state index contributed by atoms with van der Waals surface area (Å²) in [6, 6.07) is 4.27. The van der Waals surface area contributed by atoms with Gasteiger partial charge in [0.05, 0.1) is 13.2 Å². The van der Waals surface area contributed by atoms with Gasteiger partial charge in [0.25, 0.3) is 0 Å². The van der Waals surface area contributed by atoms with Crippen LogP contribution in [0, 0.1) is 0 Å². The summed E-state index contributed by atoms with van der Waals surface area (Å²) in [6.45, 7) is -0.515. The van der Waals surface area contributed by atoms with E-state index in [1.54, 1.807) is 6.07 Å². The lowest BCUT2D eigenvalue weighted by Crippen LogP contribution is -2.56. The molecule has 1 heterocycles. The SMILES string of the molecule is O=C1[C@H](OCCc2ccc(O)c(O)c2)O[C@H](CO)[C@@H](O)[C@@H]1O. The molecule has 8 heteroatoms. The summed E-state index contributed by atoms with van der Waals surface area (Å²) in [4.78, 5) is 11.7. The Morgan fingerprint density at radius 1 is 1.18 bits per heavy atom. The molecule has 1 fully saturated rings. The Morgan fingerprint density at radius 2 is 1.91 bits per heavy atom. The van der Waals surface area contributed by atoms with E-state index in [9.17, 15) is 25.2 Å². The van der Waals surface area contributed by atoms with Crippen LogP contribution in [0.5, 0.6) is 11.5 Å². The van der Waals surface area contributed by atoms with Gasteiger partial charge in [-0.3, -0.25) is 4.79 Å². The Morgan fingerprint density at radius 3 is 2.55 bits per heavy atom. The minimum atomic E-state index is -1.67. The summed E-state index contributed by atoms with van der Waals surface area (Å²) in [5.74, 6) is -1.31. The Bertz CT molecular complexity index is 532. The summed E-state index contributed by atoms with van der Waals surface area (Å²) in [6.07, 6.45) is -5.32. The van der Waals surface area contributed by atoms with E-state index in [0.29, 0.717) is 12.0 Å². The molecule has 2 rings (SSSR count). The number of phenols is 2. The molecule has 0 aliphatic carbocycles. The smallest absolute Gasteiger partial charge is 0.221 e. The van der Waals surface area contributed by atoms with Crippen LogP contribution in [-0.2, 0) is 20.7 Å². The number of carbonyl (C=O) groups excluding carboxylic acids is 1. The van der Waals surface area contributed by atoms with Crippen molar-refractivity contribution in [3.05, 3.63) is 23.8 Å². The Balaban J connectivity index is 1.90. The maximum absolute atomic E-state index is 11.7. The molecular formula is C14H18O8. The fraction of sp³-hybridized carbons (Fsp3) is 0.500. The van der Waals surface area contributed by atoms with Gasteiger partial charge in [0, 0.05) is 0 Å². The molecule has 0 unspecified atom stereocenters. The Hall–Kier alpha value is -1.71. The Labute approximate surface area is 126 Å². The number of ketones is 1. The molecule has 1 saturated heterocycles. The first-order chi connectivity index (χ1) is 10.4. The molecule has 1 aromatic carbocycles. The number of carbonyl (C=O) groups is 1. The van der Waals surface area contributed by atoms with Gasteiger partial charge < -0.3 is 35.0 Å². The average Bonchev–Trinajstić information content (AvgIpc) is 2.51. The molecule has 0 aromatic heterocycles. The normalized spacial score (nSPS) is 28.8. The number of aliphatic hydroxyl groups excluding tert-OH is 3. The van der Waals surface area contributed by atoms with E-state index >= 15 is 0 Å². The van der Waals surface area contributed by atoms with Crippen molar-refractivity contribution < 1.29 is 39.8 Å². The molecule has 0 saturated carbocycles. The van der Waals surface area contributed by atoms with Crippen LogP contribution in [0.3, 0.4) is 0 Å². The molecule has 0 amide bonds. The second-order valence-electron chi connectivity index (χ2n) is 4.97. The van der Waals surface area contributed by atoms with Crippen LogP contribution in [0.2, 0.25) is 0 Å². The van der Waals surface area contributed by atoms with Crippen molar-refractivity contribution in [2.75, 3.05) is 13.2 Å². The molecule has 0 radical (unpaired) electrons. The van der Waals surface area contributed by atoms with Gasteiger partial charge in [-0.2, -0.15) is 0 Å². The number of benzene rings is 1. The summed E-state index contributed by atoms with van der Waals surface area (Å²) in [5, 5.41) is 46.7. The number of ether oxygens (including phenoxy) is 2. The van der Waals surface area contributed by atoms with Crippen molar-refractivity contribution in [3.63, 3.8) is 0 Å². The zero-order valence-corrected chi connectivity index (χ0v) is 11.6. The van der Waals surface area contributed by atoms with Gasteiger partial charge >= 0.3 is 0 Å². The zero-order valence-electron chi connectivity index (χ0n) is 11.6. The molecule has 1 aliphatic heterocycles. The first kappa shape index (κ1) is 16.7. The highest BCUT2D eigenvalue weighted by Crippen LogP contribution is 2.25. The van der Waals surface area contributed by atoms with Crippen LogP contribution >= 0.6 is 0 Å². The number of hydrogen-bond donors (Lipinski definition) is 5. The predicted octanol–water partition coefficient (Wildman–Crippen LogP) is -1.34. The number of aromatic hydroxyl groups is 2. The molecule has 122 valence electrons. The molecular weight excluding hydrogens is 296 g/mol.